The maximum Gasteiger partial charge on any atom is 0.325 e. The van der Waals surface area contributed by atoms with Crippen molar-refractivity contribution in [1.29, 1.82) is 0 Å². The van der Waals surface area contributed by atoms with Crippen LogP contribution < -0.4 is 28.4 Å². The molecule has 0 unspecified atom stereocenters. The molecule has 0 spiro atoms. The topological polar surface area (TPSA) is 188 Å². The van der Waals surface area contributed by atoms with Crippen molar-refractivity contribution in [3.05, 3.63) is 0 Å². The number of ether oxygens (including phenoxy) is 12. The largest absolute Gasteiger partial charge is 0.461 e. The van der Waals surface area contributed by atoms with Crippen molar-refractivity contribution in [3.8, 4) is 107 Å². The van der Waals surface area contributed by atoms with Crippen LogP contribution in [0.2, 0.25) is 0 Å². The number of fused-ring (bicyclic) bond motifs is 33. The summed E-state index contributed by atoms with van der Waals surface area (Å²) >= 11 is 0. The van der Waals surface area contributed by atoms with Crippen LogP contribution in [0.25, 0.3) is 0 Å². The quantitative estimate of drug-likeness (QED) is 0.304. The number of hydrogen-bond donors (Lipinski definition) is 0. The lowest BCUT2D eigenvalue weighted by atomic mass is 10.5. The highest BCUT2D eigenvalue weighted by Crippen LogP contribution is 2.16. The van der Waals surface area contributed by atoms with E-state index >= 15 is 0 Å². The summed E-state index contributed by atoms with van der Waals surface area (Å²) in [4.78, 5) is 25.0. The Morgan fingerprint density at radius 2 is 0.407 bits per heavy atom. The number of aromatic nitrogens is 6. The lowest BCUT2D eigenvalue weighted by Gasteiger charge is -2.10. The first kappa shape index (κ1) is 40.7. The molecule has 6 bridgehead atoms. The molecule has 0 atom stereocenters. The second-order valence-electron chi connectivity index (χ2n) is 9.58. The minimum atomic E-state index is -0.0261. The fourth-order valence-corrected chi connectivity index (χ4v) is 3.40. The van der Waals surface area contributed by atoms with E-state index in [0.29, 0.717) is 0 Å². The van der Waals surface area contributed by atoms with Crippen LogP contribution in [0.5, 0.6) is 36.1 Å². The molecule has 2 aromatic rings. The first-order valence-electron chi connectivity index (χ1n) is 16.5. The fourth-order valence-electron chi connectivity index (χ4n) is 3.40. The molecular formula is C36H36N6O12. The van der Waals surface area contributed by atoms with Crippen LogP contribution in [-0.2, 0) is 28.4 Å². The van der Waals surface area contributed by atoms with E-state index in [9.17, 15) is 0 Å². The van der Waals surface area contributed by atoms with Gasteiger partial charge in [0.2, 0.25) is 0 Å². The van der Waals surface area contributed by atoms with Gasteiger partial charge in [0.15, 0.2) is 0 Å². The van der Waals surface area contributed by atoms with Gasteiger partial charge in [0.05, 0.1) is 39.6 Å². The van der Waals surface area contributed by atoms with E-state index in [1.807, 2.05) is 0 Å². The zero-order chi connectivity index (χ0) is 37.4. The first-order chi connectivity index (χ1) is 26.8. The van der Waals surface area contributed by atoms with Crippen molar-refractivity contribution in [2.75, 3.05) is 119 Å². The lowest BCUT2D eigenvalue weighted by Crippen LogP contribution is -2.14. The summed E-state index contributed by atoms with van der Waals surface area (Å²) in [5, 5.41) is 0. The lowest BCUT2D eigenvalue weighted by molar-refractivity contribution is 0.105. The predicted octanol–water partition coefficient (Wildman–Crippen LogP) is -0.823. The van der Waals surface area contributed by atoms with Gasteiger partial charge in [0.1, 0.15) is 79.3 Å². The number of hydrogen-bond acceptors (Lipinski definition) is 18. The Kier molecular flexibility index (Phi) is 20.8. The molecule has 3 aliphatic rings. The van der Waals surface area contributed by atoms with Gasteiger partial charge >= 0.3 is 36.1 Å². The summed E-state index contributed by atoms with van der Waals surface area (Å²) in [7, 11) is 0. The Morgan fingerprint density at radius 3 is 0.574 bits per heavy atom. The van der Waals surface area contributed by atoms with Crippen LogP contribution in [0, 0.1) is 71.0 Å². The minimum Gasteiger partial charge on any atom is -0.461 e. The molecule has 5 rings (SSSR count). The second-order valence-corrected chi connectivity index (χ2v) is 9.58. The molecule has 0 fully saturated rings. The van der Waals surface area contributed by atoms with Crippen molar-refractivity contribution in [2.45, 2.75) is 0 Å². The van der Waals surface area contributed by atoms with Gasteiger partial charge in [-0.3, -0.25) is 0 Å². The highest BCUT2D eigenvalue weighted by Gasteiger charge is 2.12. The standard InChI is InChI=1S/C36H36N6O12/c1-2-8-14-44-20-26-50-32-39-35-42-36(40-32)54-30-24-48-18-12-6-4-10-16-46-22-28-52-34-38-31(49-25-19-43-13-7-1)37-33(41-34)51-27-21-45-15-9-3-5-11-17-47-23-29-53-35/h13-30H2. The third-order valence-electron chi connectivity index (χ3n) is 5.66. The third-order valence-corrected chi connectivity index (χ3v) is 5.66. The van der Waals surface area contributed by atoms with Gasteiger partial charge < -0.3 is 56.8 Å². The summed E-state index contributed by atoms with van der Waals surface area (Å²) in [6, 6.07) is -0.157. The zero-order valence-corrected chi connectivity index (χ0v) is 29.3. The average Bonchev–Trinajstić information content (AvgIpc) is 3.17. The Labute approximate surface area is 312 Å². The maximum atomic E-state index is 5.62. The van der Waals surface area contributed by atoms with Crippen molar-refractivity contribution in [2.24, 2.45) is 0 Å². The molecule has 54 heavy (non-hydrogen) atoms. The van der Waals surface area contributed by atoms with Gasteiger partial charge in [-0.2, -0.15) is 0 Å². The van der Waals surface area contributed by atoms with Gasteiger partial charge in [-0.15, -0.1) is 29.9 Å². The van der Waals surface area contributed by atoms with Crippen LogP contribution in [0.4, 0.5) is 0 Å². The number of nitrogens with zero attached hydrogens (tertiary/aromatic N) is 6. The van der Waals surface area contributed by atoms with E-state index in [-0.39, 0.29) is 155 Å². The second kappa shape index (κ2) is 27.6. The molecule has 0 N–H and O–H groups in total. The molecular weight excluding hydrogens is 708 g/mol. The molecule has 0 saturated carbocycles. The van der Waals surface area contributed by atoms with Gasteiger partial charge in [-0.05, 0) is 35.5 Å². The highest BCUT2D eigenvalue weighted by atomic mass is 16.6. The van der Waals surface area contributed by atoms with Crippen molar-refractivity contribution in [1.82, 2.24) is 29.9 Å². The summed E-state index contributed by atoms with van der Waals surface area (Å²) in [5.41, 5.74) is 0. The monoisotopic (exact) mass is 744 g/mol. The smallest absolute Gasteiger partial charge is 0.325 e. The van der Waals surface area contributed by atoms with E-state index < -0.39 is 0 Å². The van der Waals surface area contributed by atoms with E-state index in [0.717, 1.165) is 0 Å². The Balaban J connectivity index is 1.45. The fraction of sp³-hybridized carbons (Fsp3) is 0.500. The molecule has 3 aliphatic heterocycles. The Morgan fingerprint density at radius 1 is 0.241 bits per heavy atom. The minimum absolute atomic E-state index is 0.0261. The maximum absolute atomic E-state index is 5.62. The van der Waals surface area contributed by atoms with Gasteiger partial charge in [-0.25, -0.2) is 0 Å². The molecule has 0 amide bonds. The van der Waals surface area contributed by atoms with Crippen LogP contribution in [0.1, 0.15) is 0 Å². The third kappa shape index (κ3) is 19.5. The molecule has 0 saturated heterocycles. The molecule has 0 aromatic carbocycles. The van der Waals surface area contributed by atoms with E-state index in [2.05, 4.69) is 101 Å². The molecule has 18 nitrogen and oxygen atoms in total. The van der Waals surface area contributed by atoms with Crippen molar-refractivity contribution in [3.63, 3.8) is 0 Å². The molecule has 0 aliphatic carbocycles. The molecule has 282 valence electrons. The van der Waals surface area contributed by atoms with Crippen LogP contribution in [-0.4, -0.2) is 149 Å². The van der Waals surface area contributed by atoms with Crippen molar-refractivity contribution >= 4 is 0 Å². The zero-order valence-electron chi connectivity index (χ0n) is 29.3. The van der Waals surface area contributed by atoms with Gasteiger partial charge in [0.25, 0.3) is 0 Å². The van der Waals surface area contributed by atoms with Gasteiger partial charge in [0, 0.05) is 0 Å². The normalized spacial score (nSPS) is 17.1. The van der Waals surface area contributed by atoms with Gasteiger partial charge in [-0.1, -0.05) is 35.5 Å². The van der Waals surface area contributed by atoms with Crippen LogP contribution in [0.15, 0.2) is 0 Å². The highest BCUT2D eigenvalue weighted by molar-refractivity contribution is 5.27. The summed E-state index contributed by atoms with van der Waals surface area (Å²) < 4.78 is 66.6. The summed E-state index contributed by atoms with van der Waals surface area (Å²) in [5.74, 6) is 32.9. The summed E-state index contributed by atoms with van der Waals surface area (Å²) in [6.07, 6.45) is 0. The predicted molar refractivity (Wildman–Crippen MR) is 184 cm³/mol. The van der Waals surface area contributed by atoms with Crippen molar-refractivity contribution < 1.29 is 56.8 Å². The van der Waals surface area contributed by atoms with Crippen LogP contribution >= 0.6 is 0 Å². The SMILES string of the molecule is C1#CCOCCOc2nc3nc(n2)OCCOCC#CC#CCOCCOc2nc(nc(n2)OCCOCC#CC#CCOCCO3)OCCOCC#C1. The van der Waals surface area contributed by atoms with E-state index in [1.54, 1.807) is 0 Å². The average molecular weight is 745 g/mol. The molecule has 5 heterocycles. The number of rotatable bonds is 0. The molecule has 0 radical (unpaired) electrons. The first-order valence-corrected chi connectivity index (χ1v) is 16.5. The Hall–Kier alpha value is -6.06. The van der Waals surface area contributed by atoms with E-state index in [1.165, 1.54) is 0 Å². The molecule has 18 heteroatoms. The molecule has 2 aromatic heterocycles. The van der Waals surface area contributed by atoms with E-state index in [4.69, 9.17) is 56.8 Å². The summed E-state index contributed by atoms with van der Waals surface area (Å²) in [6.45, 7) is 2.67. The Bertz CT molecular complexity index is 1460. The van der Waals surface area contributed by atoms with Crippen LogP contribution in [0.3, 0.4) is 0 Å².